The molecule has 196 valence electrons. The normalized spacial score (nSPS) is 23.5. The van der Waals surface area contributed by atoms with Gasteiger partial charge in [0.15, 0.2) is 11.3 Å². The predicted octanol–water partition coefficient (Wildman–Crippen LogP) is 3.70. The molecule has 1 N–H and O–H groups in total. The molecule has 0 bridgehead atoms. The number of rotatable bonds is 1. The molecular formula is C26H33ClN8O2. The van der Waals surface area contributed by atoms with Crippen LogP contribution in [0.2, 0.25) is 5.02 Å². The second kappa shape index (κ2) is 13.0. The van der Waals surface area contributed by atoms with Gasteiger partial charge in [0.05, 0.1) is 35.1 Å². The molecule has 4 aromatic heterocycles. The molecule has 2 fully saturated rings. The third-order valence-electron chi connectivity index (χ3n) is 5.76. The summed E-state index contributed by atoms with van der Waals surface area (Å²) in [5.74, 6) is 0. The molecule has 6 heterocycles. The summed E-state index contributed by atoms with van der Waals surface area (Å²) in [6, 6.07) is 3.69. The third kappa shape index (κ3) is 7.48. The zero-order valence-corrected chi connectivity index (χ0v) is 22.3. The third-order valence-corrected chi connectivity index (χ3v) is 6.07. The van der Waals surface area contributed by atoms with Crippen LogP contribution in [0.15, 0.2) is 49.3 Å². The summed E-state index contributed by atoms with van der Waals surface area (Å²) in [7, 11) is 0. The van der Waals surface area contributed by atoms with E-state index in [1.807, 2.05) is 6.07 Å². The van der Waals surface area contributed by atoms with Gasteiger partial charge in [-0.1, -0.05) is 11.6 Å². The first-order valence-corrected chi connectivity index (χ1v) is 12.8. The molecule has 37 heavy (non-hydrogen) atoms. The van der Waals surface area contributed by atoms with E-state index in [1.165, 1.54) is 0 Å². The van der Waals surface area contributed by atoms with Crippen molar-refractivity contribution in [1.82, 2.24) is 35.2 Å². The van der Waals surface area contributed by atoms with Crippen LogP contribution < -0.4 is 10.2 Å². The van der Waals surface area contributed by atoms with Crippen LogP contribution in [0.1, 0.15) is 27.7 Å². The lowest BCUT2D eigenvalue weighted by molar-refractivity contribution is -0.0166. The van der Waals surface area contributed by atoms with Gasteiger partial charge >= 0.3 is 0 Å². The molecular weight excluding hydrogens is 492 g/mol. The van der Waals surface area contributed by atoms with Crippen LogP contribution >= 0.6 is 11.6 Å². The highest BCUT2D eigenvalue weighted by atomic mass is 35.5. The number of anilines is 1. The van der Waals surface area contributed by atoms with E-state index in [1.54, 1.807) is 43.2 Å². The summed E-state index contributed by atoms with van der Waals surface area (Å²) < 4.78 is 11.2. The molecule has 6 rings (SSSR count). The van der Waals surface area contributed by atoms with Crippen molar-refractivity contribution in [3.05, 3.63) is 54.3 Å². The molecule has 2 aliphatic heterocycles. The highest BCUT2D eigenvalue weighted by molar-refractivity contribution is 6.34. The molecule has 4 atom stereocenters. The maximum atomic E-state index is 5.81. The minimum Gasteiger partial charge on any atom is -0.373 e. The predicted molar refractivity (Wildman–Crippen MR) is 145 cm³/mol. The van der Waals surface area contributed by atoms with Crippen molar-refractivity contribution in [3.63, 3.8) is 0 Å². The average Bonchev–Trinajstić information content (AvgIpc) is 2.89. The number of nitrogens with one attached hydrogen (secondary N) is 1. The number of nitrogens with zero attached hydrogens (tertiary/aromatic N) is 7. The maximum Gasteiger partial charge on any atom is 0.180 e. The molecule has 2 saturated heterocycles. The van der Waals surface area contributed by atoms with E-state index in [9.17, 15) is 0 Å². The van der Waals surface area contributed by atoms with E-state index >= 15 is 0 Å². The molecule has 11 heteroatoms. The van der Waals surface area contributed by atoms with Gasteiger partial charge in [0.25, 0.3) is 0 Å². The molecule has 0 aromatic carbocycles. The number of pyridine rings is 2. The Hall–Kier alpha value is -3.05. The summed E-state index contributed by atoms with van der Waals surface area (Å²) in [6.07, 6.45) is 11.2. The van der Waals surface area contributed by atoms with E-state index in [2.05, 4.69) is 67.8 Å². The van der Waals surface area contributed by atoms with Gasteiger partial charge in [-0.25, -0.2) is 29.9 Å². The molecule has 0 amide bonds. The van der Waals surface area contributed by atoms with Crippen molar-refractivity contribution in [2.45, 2.75) is 52.1 Å². The van der Waals surface area contributed by atoms with Crippen molar-refractivity contribution in [2.24, 2.45) is 0 Å². The van der Waals surface area contributed by atoms with Gasteiger partial charge in [-0.3, -0.25) is 0 Å². The lowest BCUT2D eigenvalue weighted by atomic mass is 10.2. The maximum absolute atomic E-state index is 5.81. The molecule has 0 spiro atoms. The minimum absolute atomic E-state index is 0.230. The quantitative estimate of drug-likeness (QED) is 0.395. The SMILES string of the molecule is C[C@@H]1CN(c2ccnc3nccnc23)C[C@H](C)O1.C[C@@H]1CNC[C@H](C)O1.Clc1ccnc2nccnc12. The van der Waals surface area contributed by atoms with Crippen LogP contribution in [0.5, 0.6) is 0 Å². The first kappa shape index (κ1) is 27.0. The van der Waals surface area contributed by atoms with Crippen LogP contribution in [0.25, 0.3) is 22.3 Å². The molecule has 2 aliphatic rings. The summed E-state index contributed by atoms with van der Waals surface area (Å²) in [5.41, 5.74) is 3.88. The fraction of sp³-hybridized carbons (Fsp3) is 0.462. The number of morpholine rings is 2. The summed E-state index contributed by atoms with van der Waals surface area (Å²) in [6.45, 7) is 12.1. The Morgan fingerprint density at radius 3 is 1.73 bits per heavy atom. The van der Waals surface area contributed by atoms with Crippen LogP contribution in [0.3, 0.4) is 0 Å². The van der Waals surface area contributed by atoms with Gasteiger partial charge in [0, 0.05) is 63.4 Å². The number of halogens is 1. The van der Waals surface area contributed by atoms with Gasteiger partial charge < -0.3 is 19.7 Å². The number of hydrogen-bond donors (Lipinski definition) is 1. The van der Waals surface area contributed by atoms with E-state index in [0.717, 1.165) is 37.4 Å². The second-order valence-electron chi connectivity index (χ2n) is 9.16. The molecule has 4 aromatic rings. The number of hydrogen-bond acceptors (Lipinski definition) is 10. The monoisotopic (exact) mass is 524 g/mol. The number of aromatic nitrogens is 6. The highest BCUT2D eigenvalue weighted by Gasteiger charge is 2.24. The summed E-state index contributed by atoms with van der Waals surface area (Å²) in [4.78, 5) is 27.2. The van der Waals surface area contributed by atoms with Crippen LogP contribution in [0.4, 0.5) is 5.69 Å². The standard InChI is InChI=1S/C13H16N4O.C7H4ClN3.C6H13NO/c1-9-7-17(8-10(2)18-9)11-3-4-15-13-12(11)14-5-6-16-13;8-5-1-2-10-7-6(5)9-3-4-11-7;1-5-3-7-4-6(2)8-5/h3-6,9-10H,7-8H2,1-2H3;1-4H;5-7H,3-4H2,1-2H3/t9-,10+;;5-,6+. The Labute approximate surface area is 221 Å². The topological polar surface area (TPSA) is 111 Å². The van der Waals surface area contributed by atoms with E-state index in [-0.39, 0.29) is 12.2 Å². The summed E-state index contributed by atoms with van der Waals surface area (Å²) in [5, 5.41) is 3.85. The minimum atomic E-state index is 0.230. The second-order valence-corrected chi connectivity index (χ2v) is 9.57. The van der Waals surface area contributed by atoms with Crippen LogP contribution in [0, 0.1) is 0 Å². The largest absolute Gasteiger partial charge is 0.373 e. The average molecular weight is 525 g/mol. The Balaban J connectivity index is 0.000000143. The smallest absolute Gasteiger partial charge is 0.180 e. The fourth-order valence-electron chi connectivity index (χ4n) is 4.32. The molecule has 0 unspecified atom stereocenters. The van der Waals surface area contributed by atoms with Crippen LogP contribution in [-0.2, 0) is 9.47 Å². The van der Waals surface area contributed by atoms with E-state index < -0.39 is 0 Å². The van der Waals surface area contributed by atoms with E-state index in [4.69, 9.17) is 21.1 Å². The van der Waals surface area contributed by atoms with Gasteiger partial charge in [-0.05, 0) is 39.8 Å². The van der Waals surface area contributed by atoms with Gasteiger partial charge in [-0.2, -0.15) is 0 Å². The lowest BCUT2D eigenvalue weighted by Crippen LogP contribution is -2.45. The molecule has 0 radical (unpaired) electrons. The Kier molecular flexibility index (Phi) is 9.45. The summed E-state index contributed by atoms with van der Waals surface area (Å²) >= 11 is 5.81. The molecule has 0 aliphatic carbocycles. The van der Waals surface area contributed by atoms with Gasteiger partial charge in [-0.15, -0.1) is 0 Å². The molecule has 10 nitrogen and oxygen atoms in total. The van der Waals surface area contributed by atoms with E-state index in [0.29, 0.717) is 34.0 Å². The Morgan fingerprint density at radius 2 is 1.16 bits per heavy atom. The highest BCUT2D eigenvalue weighted by Crippen LogP contribution is 2.25. The van der Waals surface area contributed by atoms with Crippen molar-refractivity contribution in [2.75, 3.05) is 31.1 Å². The Morgan fingerprint density at radius 1 is 0.676 bits per heavy atom. The first-order chi connectivity index (χ1) is 17.9. The number of ether oxygens (including phenoxy) is 2. The Bertz CT molecular complexity index is 1270. The van der Waals surface area contributed by atoms with Crippen molar-refractivity contribution >= 4 is 39.6 Å². The number of fused-ring (bicyclic) bond motifs is 2. The first-order valence-electron chi connectivity index (χ1n) is 12.4. The van der Waals surface area contributed by atoms with Crippen LogP contribution in [-0.4, -0.2) is 80.5 Å². The zero-order chi connectivity index (χ0) is 26.2. The zero-order valence-electron chi connectivity index (χ0n) is 21.6. The lowest BCUT2D eigenvalue weighted by Gasteiger charge is -2.36. The van der Waals surface area contributed by atoms with Crippen molar-refractivity contribution in [1.29, 1.82) is 0 Å². The van der Waals surface area contributed by atoms with Crippen molar-refractivity contribution < 1.29 is 9.47 Å². The van der Waals surface area contributed by atoms with Gasteiger partial charge in [0.2, 0.25) is 0 Å². The van der Waals surface area contributed by atoms with Crippen molar-refractivity contribution in [3.8, 4) is 0 Å². The molecule has 0 saturated carbocycles. The fourth-order valence-corrected chi connectivity index (χ4v) is 4.51. The van der Waals surface area contributed by atoms with Gasteiger partial charge in [0.1, 0.15) is 11.0 Å².